The third-order valence-corrected chi connectivity index (χ3v) is 3.59. The van der Waals surface area contributed by atoms with Gasteiger partial charge in [0.25, 0.3) is 5.91 Å². The summed E-state index contributed by atoms with van der Waals surface area (Å²) in [4.78, 5) is 22.8. The number of hydrogen-bond acceptors (Lipinski definition) is 3. The molecule has 1 unspecified atom stereocenters. The van der Waals surface area contributed by atoms with Gasteiger partial charge in [0.1, 0.15) is 9.75 Å². The lowest BCUT2D eigenvalue weighted by Crippen LogP contribution is -2.35. The van der Waals surface area contributed by atoms with E-state index in [0.29, 0.717) is 6.42 Å². The molecule has 16 heavy (non-hydrogen) atoms. The van der Waals surface area contributed by atoms with Crippen LogP contribution in [0.2, 0.25) is 0 Å². The number of nitrogens with one attached hydrogen (secondary N) is 1. The lowest BCUT2D eigenvalue weighted by Gasteiger charge is -2.12. The molecule has 0 aliphatic heterocycles. The number of carbonyl (C=O) groups excluding carboxylic acids is 2. The van der Waals surface area contributed by atoms with Gasteiger partial charge in [-0.15, -0.1) is 23.2 Å². The molecule has 0 spiro atoms. The molecule has 0 heterocycles. The molecule has 1 rings (SSSR count). The summed E-state index contributed by atoms with van der Waals surface area (Å²) < 4.78 is 3.79. The molecule has 0 aromatic heterocycles. The van der Waals surface area contributed by atoms with Crippen LogP contribution in [0.1, 0.15) is 27.2 Å². The van der Waals surface area contributed by atoms with Crippen molar-refractivity contribution < 1.29 is 14.3 Å². The van der Waals surface area contributed by atoms with Crippen LogP contribution in [-0.4, -0.2) is 28.9 Å². The number of hydrogen-bond donors (Lipinski definition) is 1. The molecule has 0 aromatic carbocycles. The van der Waals surface area contributed by atoms with Gasteiger partial charge in [0.05, 0.1) is 0 Å². The second-order valence-corrected chi connectivity index (χ2v) is 6.00. The molecule has 0 saturated heterocycles. The van der Waals surface area contributed by atoms with E-state index in [1.54, 1.807) is 6.92 Å². The SMILES string of the molecule is CC(C)NC(=O)COC(=O)C1(C)CC1(Cl)Cl. The molecule has 1 aliphatic carbocycles. The molecule has 0 aromatic rings. The summed E-state index contributed by atoms with van der Waals surface area (Å²) in [5.41, 5.74) is -0.881. The van der Waals surface area contributed by atoms with Crippen molar-refractivity contribution in [3.05, 3.63) is 0 Å². The second-order valence-electron chi connectivity index (χ2n) is 4.51. The zero-order valence-electron chi connectivity index (χ0n) is 9.47. The molecule has 92 valence electrons. The fraction of sp³-hybridized carbons (Fsp3) is 0.800. The van der Waals surface area contributed by atoms with E-state index in [1.165, 1.54) is 0 Å². The number of amides is 1. The first-order valence-corrected chi connectivity index (χ1v) is 5.79. The smallest absolute Gasteiger partial charge is 0.315 e. The summed E-state index contributed by atoms with van der Waals surface area (Å²) in [6, 6.07) is 0.0165. The highest BCUT2D eigenvalue weighted by atomic mass is 35.5. The first-order valence-electron chi connectivity index (χ1n) is 5.03. The predicted octanol–water partition coefficient (Wildman–Crippen LogP) is 1.64. The number of alkyl halides is 2. The van der Waals surface area contributed by atoms with Crippen molar-refractivity contribution in [2.45, 2.75) is 37.6 Å². The van der Waals surface area contributed by atoms with Crippen molar-refractivity contribution in [2.24, 2.45) is 5.41 Å². The van der Waals surface area contributed by atoms with Crippen LogP contribution in [0.5, 0.6) is 0 Å². The number of carbonyl (C=O) groups is 2. The van der Waals surface area contributed by atoms with Gasteiger partial charge in [-0.2, -0.15) is 0 Å². The maximum Gasteiger partial charge on any atom is 0.315 e. The number of rotatable bonds is 4. The molecule has 1 aliphatic rings. The summed E-state index contributed by atoms with van der Waals surface area (Å²) >= 11 is 11.6. The van der Waals surface area contributed by atoms with Crippen molar-refractivity contribution in [3.63, 3.8) is 0 Å². The zero-order valence-corrected chi connectivity index (χ0v) is 11.0. The molecule has 0 radical (unpaired) electrons. The van der Waals surface area contributed by atoms with Crippen molar-refractivity contribution >= 4 is 35.1 Å². The van der Waals surface area contributed by atoms with Crippen molar-refractivity contribution in [1.82, 2.24) is 5.32 Å². The van der Waals surface area contributed by atoms with Crippen LogP contribution in [0.4, 0.5) is 0 Å². The Morgan fingerprint density at radius 1 is 1.44 bits per heavy atom. The van der Waals surface area contributed by atoms with Gasteiger partial charge in [-0.1, -0.05) is 0 Å². The molecule has 1 atom stereocenters. The number of esters is 1. The van der Waals surface area contributed by atoms with E-state index in [-0.39, 0.29) is 18.6 Å². The minimum absolute atomic E-state index is 0.0165. The van der Waals surface area contributed by atoms with E-state index in [4.69, 9.17) is 27.9 Å². The van der Waals surface area contributed by atoms with E-state index >= 15 is 0 Å². The van der Waals surface area contributed by atoms with Crippen LogP contribution < -0.4 is 5.32 Å². The Balaban J connectivity index is 2.35. The normalized spacial score (nSPS) is 26.4. The monoisotopic (exact) mass is 267 g/mol. The highest BCUT2D eigenvalue weighted by Crippen LogP contribution is 2.64. The Kier molecular flexibility index (Phi) is 3.75. The Hall–Kier alpha value is -0.480. The molecule has 1 amide bonds. The van der Waals surface area contributed by atoms with Gasteiger partial charge >= 0.3 is 5.97 Å². The van der Waals surface area contributed by atoms with Crippen LogP contribution in [0.15, 0.2) is 0 Å². The molecule has 1 N–H and O–H groups in total. The molecule has 1 fully saturated rings. The fourth-order valence-electron chi connectivity index (χ4n) is 1.28. The molecule has 1 saturated carbocycles. The Bertz CT molecular complexity index is 317. The highest BCUT2D eigenvalue weighted by Gasteiger charge is 2.69. The summed E-state index contributed by atoms with van der Waals surface area (Å²) in [5.74, 6) is -0.862. The van der Waals surface area contributed by atoms with Crippen molar-refractivity contribution in [2.75, 3.05) is 6.61 Å². The Labute approximate surface area is 105 Å². The maximum atomic E-state index is 11.6. The van der Waals surface area contributed by atoms with Gasteiger partial charge in [0, 0.05) is 12.5 Å². The van der Waals surface area contributed by atoms with Crippen LogP contribution in [0.3, 0.4) is 0 Å². The lowest BCUT2D eigenvalue weighted by atomic mass is 10.1. The number of halogens is 2. The minimum atomic E-state index is -1.06. The topological polar surface area (TPSA) is 55.4 Å². The van der Waals surface area contributed by atoms with Crippen LogP contribution in [0.25, 0.3) is 0 Å². The first-order chi connectivity index (χ1) is 7.19. The summed E-state index contributed by atoms with van der Waals surface area (Å²) in [6.07, 6.45) is 0.355. The summed E-state index contributed by atoms with van der Waals surface area (Å²) in [5, 5.41) is 2.61. The minimum Gasteiger partial charge on any atom is -0.455 e. The lowest BCUT2D eigenvalue weighted by molar-refractivity contribution is -0.153. The Morgan fingerprint density at radius 2 is 1.94 bits per heavy atom. The second kappa shape index (κ2) is 4.41. The third kappa shape index (κ3) is 2.80. The highest BCUT2D eigenvalue weighted by molar-refractivity contribution is 6.53. The van der Waals surface area contributed by atoms with E-state index < -0.39 is 15.7 Å². The van der Waals surface area contributed by atoms with E-state index in [1.807, 2.05) is 13.8 Å². The van der Waals surface area contributed by atoms with Gasteiger partial charge in [-0.3, -0.25) is 9.59 Å². The maximum absolute atomic E-state index is 11.6. The quantitative estimate of drug-likeness (QED) is 0.623. The zero-order chi connectivity index (χ0) is 12.6. The molecular weight excluding hydrogens is 253 g/mol. The van der Waals surface area contributed by atoms with E-state index in [9.17, 15) is 9.59 Å². The molecule has 6 heteroatoms. The summed E-state index contributed by atoms with van der Waals surface area (Å²) in [7, 11) is 0. The van der Waals surface area contributed by atoms with Crippen LogP contribution >= 0.6 is 23.2 Å². The average molecular weight is 268 g/mol. The molecule has 0 bridgehead atoms. The van der Waals surface area contributed by atoms with Crippen LogP contribution in [0, 0.1) is 5.41 Å². The first kappa shape index (κ1) is 13.6. The third-order valence-electron chi connectivity index (χ3n) is 2.49. The summed E-state index contributed by atoms with van der Waals surface area (Å²) in [6.45, 7) is 4.97. The van der Waals surface area contributed by atoms with Gasteiger partial charge in [0.2, 0.25) is 0 Å². The van der Waals surface area contributed by atoms with Gasteiger partial charge in [-0.05, 0) is 20.8 Å². The van der Waals surface area contributed by atoms with Gasteiger partial charge in [-0.25, -0.2) is 0 Å². The van der Waals surface area contributed by atoms with Gasteiger partial charge < -0.3 is 10.1 Å². The molecule has 4 nitrogen and oxygen atoms in total. The average Bonchev–Trinajstić information content (AvgIpc) is 2.62. The largest absolute Gasteiger partial charge is 0.455 e. The fourth-order valence-corrected chi connectivity index (χ4v) is 1.96. The van der Waals surface area contributed by atoms with E-state index in [0.717, 1.165) is 0 Å². The van der Waals surface area contributed by atoms with E-state index in [2.05, 4.69) is 5.32 Å². The molecular formula is C10H15Cl2NO3. The number of ether oxygens (including phenoxy) is 1. The predicted molar refractivity (Wildman–Crippen MR) is 61.4 cm³/mol. The van der Waals surface area contributed by atoms with Gasteiger partial charge in [0.15, 0.2) is 6.61 Å². The Morgan fingerprint density at radius 3 is 2.31 bits per heavy atom. The van der Waals surface area contributed by atoms with Crippen LogP contribution in [-0.2, 0) is 14.3 Å². The van der Waals surface area contributed by atoms with Crippen molar-refractivity contribution in [1.29, 1.82) is 0 Å². The standard InChI is InChI=1S/C10H15Cl2NO3/c1-6(2)13-7(14)4-16-8(15)9(3)5-10(9,11)12/h6H,4-5H2,1-3H3,(H,13,14). The van der Waals surface area contributed by atoms with Crippen molar-refractivity contribution in [3.8, 4) is 0 Å².